The lowest BCUT2D eigenvalue weighted by atomic mass is 10.4. The summed E-state index contributed by atoms with van der Waals surface area (Å²) in [5.41, 5.74) is 2.32. The second kappa shape index (κ2) is 6.93. The van der Waals surface area contributed by atoms with E-state index in [9.17, 15) is 8.78 Å². The van der Waals surface area contributed by atoms with Crippen LogP contribution in [-0.4, -0.2) is 32.5 Å². The highest BCUT2D eigenvalue weighted by molar-refractivity contribution is 5.81. The lowest BCUT2D eigenvalue weighted by molar-refractivity contribution is 0.0200. The Morgan fingerprint density at radius 3 is 2.75 bits per heavy atom. The minimum Gasteiger partial charge on any atom is -0.375 e. The number of nitrogens with one attached hydrogen (secondary N) is 1. The van der Waals surface area contributed by atoms with Crippen molar-refractivity contribution in [1.29, 1.82) is 0 Å². The smallest absolute Gasteiger partial charge is 0.261 e. The van der Waals surface area contributed by atoms with Gasteiger partial charge in [-0.3, -0.25) is 4.99 Å². The maximum absolute atomic E-state index is 11.5. The first-order chi connectivity index (χ1) is 5.70. The second-order valence-electron chi connectivity index (χ2n) is 2.03. The summed E-state index contributed by atoms with van der Waals surface area (Å²) in [7, 11) is 1.56. The first kappa shape index (κ1) is 11.2. The standard InChI is InChI=1S/C6H13F2N3O/c1-10-6(11-9)2-3-12-4-5(7)8/h5H,2-4,9H2,1H3,(H,10,11). The Morgan fingerprint density at radius 1 is 1.67 bits per heavy atom. The van der Waals surface area contributed by atoms with Gasteiger partial charge >= 0.3 is 0 Å². The zero-order valence-electron chi connectivity index (χ0n) is 6.89. The van der Waals surface area contributed by atoms with E-state index in [0.717, 1.165) is 0 Å². The van der Waals surface area contributed by atoms with Crippen molar-refractivity contribution in [2.24, 2.45) is 10.8 Å². The molecule has 0 aliphatic heterocycles. The number of hydrazine groups is 1. The van der Waals surface area contributed by atoms with Crippen LogP contribution in [0.5, 0.6) is 0 Å². The van der Waals surface area contributed by atoms with Gasteiger partial charge in [0, 0.05) is 13.5 Å². The van der Waals surface area contributed by atoms with Gasteiger partial charge in [-0.05, 0) is 0 Å². The lowest BCUT2D eigenvalue weighted by Crippen LogP contribution is -2.31. The number of halogens is 2. The van der Waals surface area contributed by atoms with Crippen molar-refractivity contribution >= 4 is 5.84 Å². The Balaban J connectivity index is 3.30. The molecule has 4 nitrogen and oxygen atoms in total. The summed E-state index contributed by atoms with van der Waals surface area (Å²) in [6.07, 6.45) is -2.00. The fourth-order valence-electron chi connectivity index (χ4n) is 0.590. The van der Waals surface area contributed by atoms with Gasteiger partial charge in [0.1, 0.15) is 12.4 Å². The zero-order chi connectivity index (χ0) is 9.40. The van der Waals surface area contributed by atoms with Crippen LogP contribution in [0, 0.1) is 0 Å². The highest BCUT2D eigenvalue weighted by Crippen LogP contribution is 1.93. The van der Waals surface area contributed by atoms with Gasteiger partial charge in [-0.1, -0.05) is 0 Å². The molecule has 0 aromatic heterocycles. The van der Waals surface area contributed by atoms with Gasteiger partial charge in [-0.2, -0.15) is 0 Å². The van der Waals surface area contributed by atoms with E-state index in [4.69, 9.17) is 5.84 Å². The average Bonchev–Trinajstić information content (AvgIpc) is 2.04. The Bertz CT molecular complexity index is 141. The quantitative estimate of drug-likeness (QED) is 0.209. The third kappa shape index (κ3) is 5.99. The van der Waals surface area contributed by atoms with Gasteiger partial charge in [0.15, 0.2) is 0 Å². The summed E-state index contributed by atoms with van der Waals surface area (Å²) >= 11 is 0. The number of ether oxygens (including phenoxy) is 1. The van der Waals surface area contributed by atoms with Crippen molar-refractivity contribution in [1.82, 2.24) is 5.43 Å². The Morgan fingerprint density at radius 2 is 2.33 bits per heavy atom. The average molecular weight is 181 g/mol. The minimum atomic E-state index is -2.42. The first-order valence-corrected chi connectivity index (χ1v) is 3.49. The van der Waals surface area contributed by atoms with E-state index in [0.29, 0.717) is 12.3 Å². The fraction of sp³-hybridized carbons (Fsp3) is 0.833. The SMILES string of the molecule is CN=C(CCOCC(F)F)NN. The monoisotopic (exact) mass is 181 g/mol. The predicted octanol–water partition coefficient (Wildman–Crippen LogP) is 0.150. The third-order valence-corrected chi connectivity index (χ3v) is 1.16. The molecule has 72 valence electrons. The molecule has 0 bridgehead atoms. The molecule has 0 radical (unpaired) electrons. The van der Waals surface area contributed by atoms with Crippen LogP contribution in [0.1, 0.15) is 6.42 Å². The molecule has 0 aliphatic rings. The van der Waals surface area contributed by atoms with Crippen molar-refractivity contribution < 1.29 is 13.5 Å². The van der Waals surface area contributed by atoms with Crippen LogP contribution in [0.25, 0.3) is 0 Å². The van der Waals surface area contributed by atoms with Crippen molar-refractivity contribution in [3.05, 3.63) is 0 Å². The topological polar surface area (TPSA) is 59.6 Å². The summed E-state index contributed by atoms with van der Waals surface area (Å²) in [6.45, 7) is -0.344. The molecular weight excluding hydrogens is 168 g/mol. The summed E-state index contributed by atoms with van der Waals surface area (Å²) in [6, 6.07) is 0. The molecule has 0 amide bonds. The van der Waals surface area contributed by atoms with E-state index in [1.807, 2.05) is 0 Å². The third-order valence-electron chi connectivity index (χ3n) is 1.16. The number of nitrogens with zero attached hydrogens (tertiary/aromatic N) is 1. The number of aliphatic imine (C=N–C) groups is 1. The molecule has 0 aromatic carbocycles. The Labute approximate surface area is 69.8 Å². The van der Waals surface area contributed by atoms with E-state index in [1.54, 1.807) is 7.05 Å². The van der Waals surface area contributed by atoms with Gasteiger partial charge in [-0.15, -0.1) is 0 Å². The van der Waals surface area contributed by atoms with Gasteiger partial charge in [0.05, 0.1) is 6.61 Å². The lowest BCUT2D eigenvalue weighted by Gasteiger charge is -2.04. The van der Waals surface area contributed by atoms with Crippen LogP contribution in [0.4, 0.5) is 8.78 Å². The number of nitrogens with two attached hydrogens (primary N) is 1. The Hall–Kier alpha value is -0.750. The van der Waals surface area contributed by atoms with Crippen LogP contribution >= 0.6 is 0 Å². The fourth-order valence-corrected chi connectivity index (χ4v) is 0.590. The van der Waals surface area contributed by atoms with Gasteiger partial charge in [-0.25, -0.2) is 14.6 Å². The van der Waals surface area contributed by atoms with Crippen molar-refractivity contribution in [2.75, 3.05) is 20.3 Å². The zero-order valence-corrected chi connectivity index (χ0v) is 6.89. The molecule has 0 atom stereocenters. The van der Waals surface area contributed by atoms with Crippen LogP contribution < -0.4 is 11.3 Å². The molecule has 0 rings (SSSR count). The maximum atomic E-state index is 11.5. The largest absolute Gasteiger partial charge is 0.375 e. The number of rotatable bonds is 5. The molecule has 0 saturated carbocycles. The molecule has 0 aliphatic carbocycles. The van der Waals surface area contributed by atoms with Crippen LogP contribution in [0.3, 0.4) is 0 Å². The summed E-state index contributed by atoms with van der Waals surface area (Å²) in [5, 5.41) is 0. The maximum Gasteiger partial charge on any atom is 0.261 e. The van der Waals surface area contributed by atoms with Crippen LogP contribution in [0.15, 0.2) is 4.99 Å². The Kier molecular flexibility index (Phi) is 6.50. The predicted molar refractivity (Wildman–Crippen MR) is 42.1 cm³/mol. The van der Waals surface area contributed by atoms with E-state index in [1.165, 1.54) is 0 Å². The van der Waals surface area contributed by atoms with E-state index >= 15 is 0 Å². The molecule has 0 unspecified atom stereocenters. The molecule has 6 heteroatoms. The summed E-state index contributed by atoms with van der Waals surface area (Å²) < 4.78 is 27.7. The van der Waals surface area contributed by atoms with Crippen LogP contribution in [-0.2, 0) is 4.74 Å². The summed E-state index contributed by atoms with van der Waals surface area (Å²) in [5.74, 6) is 5.57. The normalized spacial score (nSPS) is 12.2. The highest BCUT2D eigenvalue weighted by atomic mass is 19.3. The van der Waals surface area contributed by atoms with Gasteiger partial charge in [0.25, 0.3) is 6.43 Å². The molecule has 0 saturated heterocycles. The van der Waals surface area contributed by atoms with E-state index in [-0.39, 0.29) is 6.61 Å². The summed E-state index contributed by atoms with van der Waals surface area (Å²) in [4.78, 5) is 3.74. The minimum absolute atomic E-state index is 0.196. The highest BCUT2D eigenvalue weighted by Gasteiger charge is 2.02. The number of hydrogen-bond donors (Lipinski definition) is 2. The molecular formula is C6H13F2N3O. The molecule has 0 spiro atoms. The molecule has 0 aromatic rings. The molecule has 3 N–H and O–H groups in total. The number of amidine groups is 1. The number of hydrogen-bond acceptors (Lipinski definition) is 3. The van der Waals surface area contributed by atoms with E-state index in [2.05, 4.69) is 15.2 Å². The van der Waals surface area contributed by atoms with Crippen molar-refractivity contribution in [3.63, 3.8) is 0 Å². The van der Waals surface area contributed by atoms with Crippen molar-refractivity contribution in [3.8, 4) is 0 Å². The number of alkyl halides is 2. The van der Waals surface area contributed by atoms with Crippen molar-refractivity contribution in [2.45, 2.75) is 12.8 Å². The first-order valence-electron chi connectivity index (χ1n) is 3.49. The van der Waals surface area contributed by atoms with Gasteiger partial charge < -0.3 is 10.2 Å². The molecule has 0 heterocycles. The molecule has 0 fully saturated rings. The second-order valence-corrected chi connectivity index (χ2v) is 2.03. The molecule has 12 heavy (non-hydrogen) atoms. The van der Waals surface area contributed by atoms with Gasteiger partial charge in [0.2, 0.25) is 0 Å². The van der Waals surface area contributed by atoms with E-state index < -0.39 is 13.0 Å². The van der Waals surface area contributed by atoms with Crippen LogP contribution in [0.2, 0.25) is 0 Å².